The number of halogens is 3. The van der Waals surface area contributed by atoms with Crippen molar-refractivity contribution in [2.45, 2.75) is 30.9 Å². The molecule has 0 saturated carbocycles. The van der Waals surface area contributed by atoms with Gasteiger partial charge < -0.3 is 14.9 Å². The molecule has 0 aromatic heterocycles. The van der Waals surface area contributed by atoms with Crippen molar-refractivity contribution in [3.05, 3.63) is 35.9 Å². The lowest BCUT2D eigenvalue weighted by Gasteiger charge is -2.40. The summed E-state index contributed by atoms with van der Waals surface area (Å²) in [7, 11) is 0. The maximum atomic E-state index is 12.7. The zero-order chi connectivity index (χ0) is 20.5. The number of hydrogen-bond donors (Lipinski definition) is 1. The number of nitrogens with zero attached hydrogens (tertiary/aromatic N) is 2. The topological polar surface area (TPSA) is 77.9 Å². The summed E-state index contributed by atoms with van der Waals surface area (Å²) >= 11 is 0. The Bertz CT molecular complexity index is 758. The van der Waals surface area contributed by atoms with Crippen LogP contribution in [-0.4, -0.2) is 65.0 Å². The van der Waals surface area contributed by atoms with Gasteiger partial charge in [-0.05, 0) is 18.4 Å². The van der Waals surface area contributed by atoms with Gasteiger partial charge in [-0.25, -0.2) is 0 Å². The van der Waals surface area contributed by atoms with Crippen molar-refractivity contribution < 1.29 is 32.7 Å². The van der Waals surface area contributed by atoms with Crippen molar-refractivity contribution in [2.75, 3.05) is 26.2 Å². The Morgan fingerprint density at radius 1 is 1.14 bits per heavy atom. The molecule has 1 aromatic rings. The lowest BCUT2D eigenvalue weighted by Crippen LogP contribution is -2.50. The molecular weight excluding hydrogens is 377 g/mol. The van der Waals surface area contributed by atoms with Gasteiger partial charge in [-0.2, -0.15) is 13.2 Å². The van der Waals surface area contributed by atoms with E-state index < -0.39 is 35.9 Å². The van der Waals surface area contributed by atoms with E-state index in [1.54, 1.807) is 30.3 Å². The molecule has 2 heterocycles. The Morgan fingerprint density at radius 2 is 1.75 bits per heavy atom. The zero-order valence-electron chi connectivity index (χ0n) is 15.1. The smallest absolute Gasteiger partial charge is 0.406 e. The van der Waals surface area contributed by atoms with E-state index in [0.717, 1.165) is 0 Å². The summed E-state index contributed by atoms with van der Waals surface area (Å²) < 4.78 is 37.6. The highest BCUT2D eigenvalue weighted by molar-refractivity contribution is 5.89. The molecule has 6 nitrogen and oxygen atoms in total. The van der Waals surface area contributed by atoms with Crippen molar-refractivity contribution >= 4 is 17.8 Å². The molecule has 1 atom stereocenters. The SMILES string of the molecule is O=C1C[C@@H](C(=O)N2CCC(C(=O)O)(c3ccccc3)CC2)CN1CC(F)(F)F. The number of alkyl halides is 3. The van der Waals surface area contributed by atoms with E-state index in [4.69, 9.17) is 0 Å². The van der Waals surface area contributed by atoms with E-state index in [1.807, 2.05) is 0 Å². The van der Waals surface area contributed by atoms with Crippen LogP contribution in [0.4, 0.5) is 13.2 Å². The zero-order valence-corrected chi connectivity index (χ0v) is 15.1. The number of carbonyl (C=O) groups is 3. The standard InChI is InChI=1S/C19H21F3N2O4/c20-19(21,22)12-24-11-13(10-15(24)25)16(26)23-8-6-18(7-9-23,17(27)28)14-4-2-1-3-5-14/h1-5,13H,6-12H2,(H,27,28)/t13-/m1/s1. The molecule has 28 heavy (non-hydrogen) atoms. The van der Waals surface area contributed by atoms with E-state index in [2.05, 4.69) is 0 Å². The van der Waals surface area contributed by atoms with Crippen molar-refractivity contribution in [2.24, 2.45) is 5.92 Å². The number of aliphatic carboxylic acids is 1. The molecule has 0 radical (unpaired) electrons. The summed E-state index contributed by atoms with van der Waals surface area (Å²) in [6.07, 6.45) is -4.32. The van der Waals surface area contributed by atoms with E-state index in [0.29, 0.717) is 10.5 Å². The molecule has 2 aliphatic rings. The first-order valence-electron chi connectivity index (χ1n) is 9.05. The van der Waals surface area contributed by atoms with Crippen LogP contribution in [0.5, 0.6) is 0 Å². The highest BCUT2D eigenvalue weighted by atomic mass is 19.4. The predicted molar refractivity (Wildman–Crippen MR) is 92.3 cm³/mol. The quantitative estimate of drug-likeness (QED) is 0.842. The van der Waals surface area contributed by atoms with Gasteiger partial charge in [0.05, 0.1) is 11.3 Å². The Hall–Kier alpha value is -2.58. The van der Waals surface area contributed by atoms with Crippen LogP contribution in [0.3, 0.4) is 0 Å². The summed E-state index contributed by atoms with van der Waals surface area (Å²) in [6.45, 7) is -1.24. The van der Waals surface area contributed by atoms with Crippen molar-refractivity contribution in [1.29, 1.82) is 0 Å². The van der Waals surface area contributed by atoms with Gasteiger partial charge in [0.1, 0.15) is 6.54 Å². The highest BCUT2D eigenvalue weighted by Crippen LogP contribution is 2.37. The fraction of sp³-hybridized carbons (Fsp3) is 0.526. The van der Waals surface area contributed by atoms with Crippen LogP contribution in [0.1, 0.15) is 24.8 Å². The van der Waals surface area contributed by atoms with Gasteiger partial charge in [-0.1, -0.05) is 30.3 Å². The number of likely N-dealkylation sites (tertiary alicyclic amines) is 2. The van der Waals surface area contributed by atoms with Crippen LogP contribution in [0.15, 0.2) is 30.3 Å². The van der Waals surface area contributed by atoms with Gasteiger partial charge in [-0.3, -0.25) is 14.4 Å². The highest BCUT2D eigenvalue weighted by Gasteiger charge is 2.46. The normalized spacial score (nSPS) is 22.4. The molecule has 152 valence electrons. The minimum absolute atomic E-state index is 0.185. The molecule has 2 aliphatic heterocycles. The molecule has 0 bridgehead atoms. The van der Waals surface area contributed by atoms with Crippen molar-refractivity contribution in [3.63, 3.8) is 0 Å². The molecule has 0 unspecified atom stereocenters. The van der Waals surface area contributed by atoms with Crippen LogP contribution < -0.4 is 0 Å². The number of carbonyl (C=O) groups excluding carboxylic acids is 2. The van der Waals surface area contributed by atoms with Crippen molar-refractivity contribution in [3.8, 4) is 0 Å². The number of piperidine rings is 1. The second kappa shape index (κ2) is 7.44. The molecule has 2 amide bonds. The first kappa shape index (κ1) is 20.2. The Balaban J connectivity index is 1.65. The first-order chi connectivity index (χ1) is 13.1. The monoisotopic (exact) mass is 398 g/mol. The Labute approximate surface area is 159 Å². The number of hydrogen-bond acceptors (Lipinski definition) is 3. The molecular formula is C19H21F3N2O4. The fourth-order valence-corrected chi connectivity index (χ4v) is 4.06. The minimum atomic E-state index is -4.50. The summed E-state index contributed by atoms with van der Waals surface area (Å²) in [6, 6.07) is 8.81. The summed E-state index contributed by atoms with van der Waals surface area (Å²) in [4.78, 5) is 38.6. The summed E-state index contributed by atoms with van der Waals surface area (Å²) in [5.41, 5.74) is -0.423. The average Bonchev–Trinajstić information content (AvgIpc) is 3.00. The fourth-order valence-electron chi connectivity index (χ4n) is 4.06. The van der Waals surface area contributed by atoms with Gasteiger partial charge >= 0.3 is 12.1 Å². The number of benzene rings is 1. The van der Waals surface area contributed by atoms with Crippen LogP contribution in [0.25, 0.3) is 0 Å². The van der Waals surface area contributed by atoms with Gasteiger partial charge in [-0.15, -0.1) is 0 Å². The maximum absolute atomic E-state index is 12.7. The second-order valence-corrected chi connectivity index (χ2v) is 7.37. The lowest BCUT2D eigenvalue weighted by molar-refractivity contribution is -0.157. The lowest BCUT2D eigenvalue weighted by atomic mass is 9.72. The number of amides is 2. The third-order valence-electron chi connectivity index (χ3n) is 5.60. The molecule has 2 fully saturated rings. The minimum Gasteiger partial charge on any atom is -0.481 e. The number of rotatable bonds is 4. The summed E-state index contributed by atoms with van der Waals surface area (Å²) in [5.74, 6) is -2.84. The third kappa shape index (κ3) is 3.98. The molecule has 1 N–H and O–H groups in total. The largest absolute Gasteiger partial charge is 0.481 e. The summed E-state index contributed by atoms with van der Waals surface area (Å²) in [5, 5.41) is 9.79. The van der Waals surface area contributed by atoms with Crippen molar-refractivity contribution in [1.82, 2.24) is 9.80 Å². The van der Waals surface area contributed by atoms with E-state index in [1.165, 1.54) is 4.90 Å². The molecule has 3 rings (SSSR count). The maximum Gasteiger partial charge on any atom is 0.406 e. The molecule has 1 aromatic carbocycles. The Kier molecular flexibility index (Phi) is 5.36. The third-order valence-corrected chi connectivity index (χ3v) is 5.60. The van der Waals surface area contributed by atoms with E-state index >= 15 is 0 Å². The van der Waals surface area contributed by atoms with Gasteiger partial charge in [0.25, 0.3) is 0 Å². The molecule has 9 heteroatoms. The average molecular weight is 398 g/mol. The van der Waals surface area contributed by atoms with Gasteiger partial charge in [0.2, 0.25) is 11.8 Å². The van der Waals surface area contributed by atoms with Crippen LogP contribution in [0, 0.1) is 5.92 Å². The Morgan fingerprint density at radius 3 is 2.29 bits per heavy atom. The number of carboxylic acids is 1. The first-order valence-corrected chi connectivity index (χ1v) is 9.05. The van der Waals surface area contributed by atoms with E-state index in [-0.39, 0.29) is 44.8 Å². The number of carboxylic acid groups (broad SMARTS) is 1. The van der Waals surface area contributed by atoms with E-state index in [9.17, 15) is 32.7 Å². The molecule has 0 spiro atoms. The van der Waals surface area contributed by atoms with Crippen LogP contribution >= 0.6 is 0 Å². The van der Waals surface area contributed by atoms with Crippen LogP contribution in [0.2, 0.25) is 0 Å². The van der Waals surface area contributed by atoms with Crippen LogP contribution in [-0.2, 0) is 19.8 Å². The van der Waals surface area contributed by atoms with Gasteiger partial charge in [0, 0.05) is 26.1 Å². The predicted octanol–water partition coefficient (Wildman–Crippen LogP) is 2.04. The molecule has 2 saturated heterocycles. The second-order valence-electron chi connectivity index (χ2n) is 7.37. The van der Waals surface area contributed by atoms with Gasteiger partial charge in [0.15, 0.2) is 0 Å². The molecule has 0 aliphatic carbocycles.